The molecule has 0 spiro atoms. The van der Waals surface area contributed by atoms with Gasteiger partial charge in [0.25, 0.3) is 0 Å². The standard InChI is InChI=1S/C23H16N6O2/c30-18-10-3-1-8-16(18)21-26-20(13-12-15-7-5-6-14-24-15)27-22(28-21)29-23-25-17-9-2-4-11-19(17)31-23/h1-14,30H,(H,25,26,27,28,29). The fourth-order valence-corrected chi connectivity index (χ4v) is 2.96. The van der Waals surface area contributed by atoms with Crippen molar-refractivity contribution >= 4 is 35.2 Å². The van der Waals surface area contributed by atoms with E-state index in [1.165, 1.54) is 0 Å². The van der Waals surface area contributed by atoms with Gasteiger partial charge in [-0.15, -0.1) is 0 Å². The third kappa shape index (κ3) is 4.08. The van der Waals surface area contributed by atoms with Crippen LogP contribution in [-0.2, 0) is 0 Å². The number of pyridine rings is 1. The molecule has 0 fully saturated rings. The van der Waals surface area contributed by atoms with Gasteiger partial charge in [-0.2, -0.15) is 15.0 Å². The largest absolute Gasteiger partial charge is 0.507 e. The summed E-state index contributed by atoms with van der Waals surface area (Å²) in [6.45, 7) is 0. The predicted octanol–water partition coefficient (Wildman–Crippen LogP) is 4.69. The fourth-order valence-electron chi connectivity index (χ4n) is 2.96. The van der Waals surface area contributed by atoms with Crippen LogP contribution in [0.3, 0.4) is 0 Å². The van der Waals surface area contributed by atoms with E-state index < -0.39 is 0 Å². The Balaban J connectivity index is 1.55. The number of hydrogen-bond donors (Lipinski definition) is 2. The average molecular weight is 408 g/mol. The maximum atomic E-state index is 10.3. The lowest BCUT2D eigenvalue weighted by molar-refractivity contribution is 0.477. The first-order valence-electron chi connectivity index (χ1n) is 9.51. The van der Waals surface area contributed by atoms with E-state index in [-0.39, 0.29) is 17.7 Å². The van der Waals surface area contributed by atoms with E-state index in [0.717, 1.165) is 11.2 Å². The maximum Gasteiger partial charge on any atom is 0.302 e. The van der Waals surface area contributed by atoms with Gasteiger partial charge in [0.1, 0.15) is 11.3 Å². The number of hydrogen-bond acceptors (Lipinski definition) is 8. The van der Waals surface area contributed by atoms with E-state index in [2.05, 4.69) is 30.2 Å². The van der Waals surface area contributed by atoms with Crippen LogP contribution >= 0.6 is 0 Å². The van der Waals surface area contributed by atoms with Crippen LogP contribution in [0, 0.1) is 0 Å². The lowest BCUT2D eigenvalue weighted by Gasteiger charge is -2.07. The molecule has 0 saturated carbocycles. The number of benzene rings is 2. The Morgan fingerprint density at radius 3 is 2.48 bits per heavy atom. The molecule has 0 aliphatic rings. The minimum absolute atomic E-state index is 0.0705. The zero-order chi connectivity index (χ0) is 21.0. The molecule has 0 unspecified atom stereocenters. The normalized spacial score (nSPS) is 11.2. The van der Waals surface area contributed by atoms with Crippen molar-refractivity contribution in [3.63, 3.8) is 0 Å². The average Bonchev–Trinajstić information content (AvgIpc) is 3.21. The molecule has 31 heavy (non-hydrogen) atoms. The van der Waals surface area contributed by atoms with Crippen LogP contribution in [0.1, 0.15) is 11.5 Å². The Morgan fingerprint density at radius 1 is 0.806 bits per heavy atom. The highest BCUT2D eigenvalue weighted by Crippen LogP contribution is 2.27. The monoisotopic (exact) mass is 408 g/mol. The molecule has 2 aromatic carbocycles. The summed E-state index contributed by atoms with van der Waals surface area (Å²) >= 11 is 0. The molecule has 8 nitrogen and oxygen atoms in total. The smallest absolute Gasteiger partial charge is 0.302 e. The van der Waals surface area contributed by atoms with Crippen molar-refractivity contribution in [2.45, 2.75) is 0 Å². The van der Waals surface area contributed by atoms with Crippen molar-refractivity contribution in [2.75, 3.05) is 5.32 Å². The SMILES string of the molecule is Oc1ccccc1-c1nc(C=Cc2ccccn2)nc(Nc2nc3ccccc3o2)n1. The predicted molar refractivity (Wildman–Crippen MR) is 117 cm³/mol. The first-order chi connectivity index (χ1) is 15.2. The number of rotatable bonds is 5. The van der Waals surface area contributed by atoms with Gasteiger partial charge in [0.2, 0.25) is 5.95 Å². The van der Waals surface area contributed by atoms with Gasteiger partial charge >= 0.3 is 6.01 Å². The molecule has 8 heteroatoms. The van der Waals surface area contributed by atoms with Crippen molar-refractivity contribution < 1.29 is 9.52 Å². The van der Waals surface area contributed by atoms with Crippen molar-refractivity contribution in [3.05, 3.63) is 84.4 Å². The third-order valence-corrected chi connectivity index (χ3v) is 4.40. The van der Waals surface area contributed by atoms with E-state index in [1.807, 2.05) is 42.5 Å². The summed E-state index contributed by atoms with van der Waals surface area (Å²) in [5.41, 5.74) is 2.61. The Morgan fingerprint density at radius 2 is 1.65 bits per heavy atom. The van der Waals surface area contributed by atoms with Gasteiger partial charge in [0, 0.05) is 6.20 Å². The number of nitrogens with one attached hydrogen (secondary N) is 1. The van der Waals surface area contributed by atoms with E-state index >= 15 is 0 Å². The molecule has 3 heterocycles. The molecule has 0 aliphatic carbocycles. The highest BCUT2D eigenvalue weighted by molar-refractivity contribution is 5.75. The molecule has 0 atom stereocenters. The first kappa shape index (κ1) is 18.4. The van der Waals surface area contributed by atoms with Gasteiger partial charge in [-0.3, -0.25) is 10.3 Å². The summed E-state index contributed by atoms with van der Waals surface area (Å²) in [7, 11) is 0. The van der Waals surface area contributed by atoms with Crippen LogP contribution in [0.25, 0.3) is 34.6 Å². The Labute approximate surface area is 177 Å². The van der Waals surface area contributed by atoms with Crippen LogP contribution in [0.4, 0.5) is 12.0 Å². The molecule has 0 bridgehead atoms. The van der Waals surface area contributed by atoms with E-state index in [1.54, 1.807) is 42.6 Å². The van der Waals surface area contributed by atoms with Gasteiger partial charge in [-0.1, -0.05) is 30.3 Å². The minimum Gasteiger partial charge on any atom is -0.507 e. The lowest BCUT2D eigenvalue weighted by atomic mass is 10.2. The van der Waals surface area contributed by atoms with Crippen molar-refractivity contribution in [1.82, 2.24) is 24.9 Å². The zero-order valence-corrected chi connectivity index (χ0v) is 16.2. The van der Waals surface area contributed by atoms with Gasteiger partial charge < -0.3 is 9.52 Å². The van der Waals surface area contributed by atoms with Crippen molar-refractivity contribution in [3.8, 4) is 17.1 Å². The van der Waals surface area contributed by atoms with Gasteiger partial charge in [-0.25, -0.2) is 4.98 Å². The molecule has 0 saturated heterocycles. The Kier molecular flexibility index (Phi) is 4.78. The summed E-state index contributed by atoms with van der Waals surface area (Å²) in [5, 5.41) is 13.2. The molecular weight excluding hydrogens is 392 g/mol. The summed E-state index contributed by atoms with van der Waals surface area (Å²) < 4.78 is 5.71. The molecule has 150 valence electrons. The summed E-state index contributed by atoms with van der Waals surface area (Å²) in [6.07, 6.45) is 5.23. The lowest BCUT2D eigenvalue weighted by Crippen LogP contribution is -2.03. The molecule has 5 aromatic rings. The van der Waals surface area contributed by atoms with Crippen LogP contribution in [0.15, 0.2) is 77.3 Å². The quantitative estimate of drug-likeness (QED) is 0.431. The molecule has 0 aliphatic heterocycles. The van der Waals surface area contributed by atoms with E-state index in [4.69, 9.17) is 4.42 Å². The second-order valence-electron chi connectivity index (χ2n) is 6.56. The van der Waals surface area contributed by atoms with Crippen LogP contribution < -0.4 is 5.32 Å². The second-order valence-corrected chi connectivity index (χ2v) is 6.56. The van der Waals surface area contributed by atoms with E-state index in [0.29, 0.717) is 22.8 Å². The third-order valence-electron chi connectivity index (χ3n) is 4.40. The second kappa shape index (κ2) is 8.03. The topological polar surface area (TPSA) is 110 Å². The van der Waals surface area contributed by atoms with Crippen LogP contribution in [-0.4, -0.2) is 30.0 Å². The van der Waals surface area contributed by atoms with Gasteiger partial charge in [0.05, 0.1) is 11.3 Å². The van der Waals surface area contributed by atoms with Crippen molar-refractivity contribution in [1.29, 1.82) is 0 Å². The van der Waals surface area contributed by atoms with Crippen molar-refractivity contribution in [2.24, 2.45) is 0 Å². The number of para-hydroxylation sites is 3. The van der Waals surface area contributed by atoms with E-state index in [9.17, 15) is 5.11 Å². The number of phenolic OH excluding ortho intramolecular Hbond substituents is 1. The van der Waals surface area contributed by atoms with Crippen LogP contribution in [0.5, 0.6) is 5.75 Å². The Bertz CT molecular complexity index is 1350. The molecule has 2 N–H and O–H groups in total. The van der Waals surface area contributed by atoms with Gasteiger partial charge in [0.15, 0.2) is 17.2 Å². The Hall–Kier alpha value is -4.59. The maximum absolute atomic E-state index is 10.3. The highest BCUT2D eigenvalue weighted by atomic mass is 16.4. The highest BCUT2D eigenvalue weighted by Gasteiger charge is 2.13. The van der Waals surface area contributed by atoms with Crippen LogP contribution in [0.2, 0.25) is 0 Å². The van der Waals surface area contributed by atoms with Gasteiger partial charge in [-0.05, 0) is 48.6 Å². The number of nitrogens with zero attached hydrogens (tertiary/aromatic N) is 5. The molecular formula is C23H16N6O2. The molecule has 3 aromatic heterocycles. The number of fused-ring (bicyclic) bond motifs is 1. The molecule has 5 rings (SSSR count). The minimum atomic E-state index is 0.0705. The number of aromatic nitrogens is 5. The first-order valence-corrected chi connectivity index (χ1v) is 9.51. The number of anilines is 2. The number of aromatic hydroxyl groups is 1. The molecule has 0 amide bonds. The number of oxazole rings is 1. The molecule has 0 radical (unpaired) electrons. The fraction of sp³-hybridized carbons (Fsp3) is 0. The summed E-state index contributed by atoms with van der Waals surface area (Å²) in [4.78, 5) is 22.0. The summed E-state index contributed by atoms with van der Waals surface area (Å²) in [6, 6.07) is 20.2. The summed E-state index contributed by atoms with van der Waals surface area (Å²) in [5.74, 6) is 1.01. The number of phenols is 1. The zero-order valence-electron chi connectivity index (χ0n) is 16.2.